The van der Waals surface area contributed by atoms with Crippen molar-refractivity contribution in [3.8, 4) is 0 Å². The third-order valence-corrected chi connectivity index (χ3v) is 4.44. The lowest BCUT2D eigenvalue weighted by molar-refractivity contribution is 0.0682. The van der Waals surface area contributed by atoms with Crippen LogP contribution in [0.25, 0.3) is 10.9 Å². The lowest BCUT2D eigenvalue weighted by Crippen LogP contribution is -2.37. The molecular formula is C16H19N3O3S. The number of aliphatic hydroxyl groups excluding tert-OH is 1. The Morgan fingerprint density at radius 3 is 3.00 bits per heavy atom. The van der Waals surface area contributed by atoms with Crippen LogP contribution in [0.2, 0.25) is 0 Å². The molecule has 1 aliphatic rings. The van der Waals surface area contributed by atoms with Gasteiger partial charge in [0.25, 0.3) is 11.5 Å². The summed E-state index contributed by atoms with van der Waals surface area (Å²) in [5, 5.41) is 10.1. The molecule has 122 valence electrons. The van der Waals surface area contributed by atoms with E-state index in [0.717, 1.165) is 12.8 Å². The SMILES string of the molecule is C[C@H](O)C[C@@H]1CCCN1C(=O)c1ccc2c(=O)[nH]c(=S)[nH]c2c1. The van der Waals surface area contributed by atoms with E-state index < -0.39 is 6.10 Å². The molecular weight excluding hydrogens is 314 g/mol. The van der Waals surface area contributed by atoms with Gasteiger partial charge >= 0.3 is 0 Å². The average molecular weight is 333 g/mol. The fourth-order valence-corrected chi connectivity index (χ4v) is 3.41. The summed E-state index contributed by atoms with van der Waals surface area (Å²) in [7, 11) is 0. The van der Waals surface area contributed by atoms with Crippen molar-refractivity contribution in [2.24, 2.45) is 0 Å². The Bertz CT molecular complexity index is 856. The number of rotatable bonds is 3. The number of aliphatic hydroxyl groups is 1. The van der Waals surface area contributed by atoms with Gasteiger partial charge in [0.2, 0.25) is 0 Å². The number of benzene rings is 1. The van der Waals surface area contributed by atoms with Crippen LogP contribution < -0.4 is 5.56 Å². The van der Waals surface area contributed by atoms with Crippen LogP contribution in [0.5, 0.6) is 0 Å². The summed E-state index contributed by atoms with van der Waals surface area (Å²) in [5.41, 5.74) is 0.804. The number of nitrogens with zero attached hydrogens (tertiary/aromatic N) is 1. The zero-order valence-corrected chi connectivity index (χ0v) is 13.7. The van der Waals surface area contributed by atoms with Gasteiger partial charge in [0.05, 0.1) is 17.0 Å². The number of hydrogen-bond acceptors (Lipinski definition) is 4. The van der Waals surface area contributed by atoms with Gasteiger partial charge in [-0.2, -0.15) is 0 Å². The summed E-state index contributed by atoms with van der Waals surface area (Å²) in [6.07, 6.45) is 2.01. The fourth-order valence-electron chi connectivity index (χ4n) is 3.21. The highest BCUT2D eigenvalue weighted by Crippen LogP contribution is 2.24. The van der Waals surface area contributed by atoms with E-state index in [1.54, 1.807) is 25.1 Å². The number of carbonyl (C=O) groups excluding carboxylic acids is 1. The molecule has 1 aromatic heterocycles. The van der Waals surface area contributed by atoms with Crippen molar-refractivity contribution in [3.63, 3.8) is 0 Å². The summed E-state index contributed by atoms with van der Waals surface area (Å²) in [6.45, 7) is 2.43. The highest BCUT2D eigenvalue weighted by atomic mass is 32.1. The standard InChI is InChI=1S/C16H19N3O3S/c1-9(20)7-11-3-2-6-19(11)15(22)10-4-5-12-13(8-10)17-16(23)18-14(12)21/h4-5,8-9,11,20H,2-3,6-7H2,1H3,(H2,17,18,21,23)/t9-,11-/m0/s1. The first-order valence-corrected chi connectivity index (χ1v) is 8.12. The third-order valence-electron chi connectivity index (χ3n) is 4.24. The number of aromatic nitrogens is 2. The van der Waals surface area contributed by atoms with E-state index in [1.165, 1.54) is 0 Å². The van der Waals surface area contributed by atoms with E-state index in [4.69, 9.17) is 12.2 Å². The van der Waals surface area contributed by atoms with Gasteiger partial charge in [0, 0.05) is 18.2 Å². The first-order chi connectivity index (χ1) is 11.0. The van der Waals surface area contributed by atoms with Crippen LogP contribution in [0.1, 0.15) is 36.5 Å². The minimum atomic E-state index is -0.431. The second-order valence-corrected chi connectivity index (χ2v) is 6.46. The first kappa shape index (κ1) is 15.9. The second-order valence-electron chi connectivity index (χ2n) is 6.05. The molecule has 3 rings (SSSR count). The molecule has 2 aromatic rings. The van der Waals surface area contributed by atoms with Crippen molar-refractivity contribution in [1.29, 1.82) is 0 Å². The predicted octanol–water partition coefficient (Wildman–Crippen LogP) is 1.96. The topological polar surface area (TPSA) is 89.2 Å². The first-order valence-electron chi connectivity index (χ1n) is 7.71. The molecule has 6 nitrogen and oxygen atoms in total. The maximum atomic E-state index is 12.8. The van der Waals surface area contributed by atoms with Gasteiger partial charge in [0.1, 0.15) is 0 Å². The van der Waals surface area contributed by atoms with Crippen LogP contribution in [0.3, 0.4) is 0 Å². The van der Waals surface area contributed by atoms with Crippen molar-refractivity contribution in [3.05, 3.63) is 38.9 Å². The smallest absolute Gasteiger partial charge is 0.259 e. The van der Waals surface area contributed by atoms with E-state index >= 15 is 0 Å². The van der Waals surface area contributed by atoms with Gasteiger partial charge in [0.15, 0.2) is 4.77 Å². The number of likely N-dealkylation sites (tertiary alicyclic amines) is 1. The minimum absolute atomic E-state index is 0.0656. The Morgan fingerprint density at radius 1 is 1.48 bits per heavy atom. The van der Waals surface area contributed by atoms with Gasteiger partial charge in [-0.3, -0.25) is 14.6 Å². The van der Waals surface area contributed by atoms with E-state index in [-0.39, 0.29) is 22.3 Å². The number of carbonyl (C=O) groups is 1. The Kier molecular flexibility index (Phi) is 4.32. The van der Waals surface area contributed by atoms with Crippen LogP contribution in [0, 0.1) is 4.77 Å². The normalized spacial score (nSPS) is 19.2. The van der Waals surface area contributed by atoms with Gasteiger partial charge < -0.3 is 15.0 Å². The number of hydrogen-bond donors (Lipinski definition) is 3. The molecule has 1 aromatic carbocycles. The lowest BCUT2D eigenvalue weighted by atomic mass is 10.1. The number of nitrogens with one attached hydrogen (secondary N) is 2. The van der Waals surface area contributed by atoms with Gasteiger partial charge in [-0.25, -0.2) is 0 Å². The molecule has 0 bridgehead atoms. The quantitative estimate of drug-likeness (QED) is 0.749. The molecule has 1 aliphatic heterocycles. The number of aromatic amines is 2. The monoisotopic (exact) mass is 333 g/mol. The Balaban J connectivity index is 1.94. The van der Waals surface area contributed by atoms with Gasteiger partial charge in [-0.05, 0) is 56.6 Å². The number of amides is 1. The molecule has 1 fully saturated rings. The molecule has 1 saturated heterocycles. The fraction of sp³-hybridized carbons (Fsp3) is 0.438. The lowest BCUT2D eigenvalue weighted by Gasteiger charge is -2.25. The number of H-pyrrole nitrogens is 2. The van der Waals surface area contributed by atoms with Crippen molar-refractivity contribution in [1.82, 2.24) is 14.9 Å². The van der Waals surface area contributed by atoms with E-state index in [1.807, 2.05) is 4.90 Å². The zero-order chi connectivity index (χ0) is 16.6. The summed E-state index contributed by atoms with van der Waals surface area (Å²) >= 11 is 4.98. The average Bonchev–Trinajstić information content (AvgIpc) is 2.92. The molecule has 2 heterocycles. The molecule has 7 heteroatoms. The van der Waals surface area contributed by atoms with Crippen LogP contribution in [-0.4, -0.2) is 44.6 Å². The Labute approximate surface area is 138 Å². The molecule has 0 unspecified atom stereocenters. The summed E-state index contributed by atoms with van der Waals surface area (Å²) in [4.78, 5) is 31.9. The highest BCUT2D eigenvalue weighted by molar-refractivity contribution is 7.71. The van der Waals surface area contributed by atoms with Crippen LogP contribution in [-0.2, 0) is 0 Å². The maximum absolute atomic E-state index is 12.8. The summed E-state index contributed by atoms with van der Waals surface area (Å²) in [6, 6.07) is 5.03. The second kappa shape index (κ2) is 6.25. The largest absolute Gasteiger partial charge is 0.393 e. The van der Waals surface area contributed by atoms with E-state index in [2.05, 4.69) is 9.97 Å². The molecule has 2 atom stereocenters. The van der Waals surface area contributed by atoms with Gasteiger partial charge in [-0.1, -0.05) is 0 Å². The Morgan fingerprint density at radius 2 is 2.26 bits per heavy atom. The van der Waals surface area contributed by atoms with Gasteiger partial charge in [-0.15, -0.1) is 0 Å². The molecule has 0 radical (unpaired) electrons. The van der Waals surface area contributed by atoms with Crippen LogP contribution in [0.4, 0.5) is 0 Å². The predicted molar refractivity (Wildman–Crippen MR) is 90.1 cm³/mol. The van der Waals surface area contributed by atoms with Crippen molar-refractivity contribution in [2.75, 3.05) is 6.54 Å². The summed E-state index contributed by atoms with van der Waals surface area (Å²) in [5.74, 6) is -0.0744. The van der Waals surface area contributed by atoms with Crippen LogP contribution in [0.15, 0.2) is 23.0 Å². The van der Waals surface area contributed by atoms with E-state index in [0.29, 0.717) is 29.4 Å². The molecule has 0 aliphatic carbocycles. The number of fused-ring (bicyclic) bond motifs is 1. The molecule has 23 heavy (non-hydrogen) atoms. The molecule has 1 amide bonds. The maximum Gasteiger partial charge on any atom is 0.259 e. The highest BCUT2D eigenvalue weighted by Gasteiger charge is 2.30. The Hall–Kier alpha value is -1.99. The molecule has 0 spiro atoms. The van der Waals surface area contributed by atoms with E-state index in [9.17, 15) is 14.7 Å². The summed E-state index contributed by atoms with van der Waals surface area (Å²) < 4.78 is 0.236. The van der Waals surface area contributed by atoms with Crippen molar-refractivity contribution < 1.29 is 9.90 Å². The zero-order valence-electron chi connectivity index (χ0n) is 12.8. The van der Waals surface area contributed by atoms with Crippen molar-refractivity contribution in [2.45, 2.75) is 38.3 Å². The molecule has 0 saturated carbocycles. The minimum Gasteiger partial charge on any atom is -0.393 e. The van der Waals surface area contributed by atoms with Crippen molar-refractivity contribution >= 4 is 29.0 Å². The molecule has 3 N–H and O–H groups in total. The van der Waals surface area contributed by atoms with Crippen LogP contribution >= 0.6 is 12.2 Å². The third kappa shape index (κ3) is 3.20.